The molecule has 1 heterocycles. The summed E-state index contributed by atoms with van der Waals surface area (Å²) >= 11 is 0. The van der Waals surface area contributed by atoms with Gasteiger partial charge in [0.15, 0.2) is 12.4 Å². The molecule has 0 aliphatic rings. The van der Waals surface area contributed by atoms with Gasteiger partial charge in [-0.1, -0.05) is 0 Å². The van der Waals surface area contributed by atoms with Crippen molar-refractivity contribution in [3.05, 3.63) is 24.5 Å². The summed E-state index contributed by atoms with van der Waals surface area (Å²) in [6.45, 7) is 0.219. The fourth-order valence-electron chi connectivity index (χ4n) is 0.788. The summed E-state index contributed by atoms with van der Waals surface area (Å²) in [6.07, 6.45) is 3.46. The van der Waals surface area contributed by atoms with Crippen molar-refractivity contribution in [3.8, 4) is 0 Å². The van der Waals surface area contributed by atoms with Gasteiger partial charge in [0.1, 0.15) is 0 Å². The highest BCUT2D eigenvalue weighted by atomic mass is 16.5. The average Bonchev–Trinajstić information content (AvgIpc) is 2.09. The zero-order valence-corrected chi connectivity index (χ0v) is 6.86. The van der Waals surface area contributed by atoms with Crippen molar-refractivity contribution in [3.63, 3.8) is 0 Å². The number of hydrogen-bond acceptors (Lipinski definition) is 3. The zero-order valence-electron chi connectivity index (χ0n) is 6.86. The number of carbonyl (C=O) groups excluding carboxylic acids is 1. The normalized spacial score (nSPS) is 9.42. The van der Waals surface area contributed by atoms with Crippen LogP contribution in [0.4, 0.5) is 5.69 Å². The third-order valence-electron chi connectivity index (χ3n) is 1.46. The van der Waals surface area contributed by atoms with Crippen LogP contribution in [0.3, 0.4) is 0 Å². The molecule has 0 aromatic carbocycles. The van der Waals surface area contributed by atoms with E-state index in [4.69, 9.17) is 5.73 Å². The summed E-state index contributed by atoms with van der Waals surface area (Å²) in [5.74, 6) is -0.273. The van der Waals surface area contributed by atoms with Crippen LogP contribution in [0.5, 0.6) is 0 Å². The van der Waals surface area contributed by atoms with Gasteiger partial charge in [-0.15, -0.1) is 0 Å². The lowest BCUT2D eigenvalue weighted by molar-refractivity contribution is -0.685. The van der Waals surface area contributed by atoms with Gasteiger partial charge in [-0.25, -0.2) is 4.79 Å². The Labute approximate surface area is 70.6 Å². The summed E-state index contributed by atoms with van der Waals surface area (Å²) in [7, 11) is 1.36. The van der Waals surface area contributed by atoms with Gasteiger partial charge in [-0.3, -0.25) is 0 Å². The molecule has 2 N–H and O–H groups in total. The Morgan fingerprint density at radius 3 is 2.67 bits per heavy atom. The molecule has 12 heavy (non-hydrogen) atoms. The molecule has 1 rings (SSSR count). The van der Waals surface area contributed by atoms with Crippen LogP contribution in [0.2, 0.25) is 0 Å². The maximum atomic E-state index is 10.8. The number of pyridine rings is 1. The van der Waals surface area contributed by atoms with Crippen molar-refractivity contribution in [2.45, 2.75) is 6.54 Å². The molecule has 1 aromatic heterocycles. The number of methoxy groups -OCH3 is 1. The van der Waals surface area contributed by atoms with Crippen LogP contribution in [0.25, 0.3) is 0 Å². The Hall–Kier alpha value is -1.58. The van der Waals surface area contributed by atoms with Gasteiger partial charge in [-0.2, -0.15) is 4.57 Å². The second-order valence-electron chi connectivity index (χ2n) is 2.38. The first-order valence-electron chi connectivity index (χ1n) is 3.54. The van der Waals surface area contributed by atoms with Gasteiger partial charge in [0.2, 0.25) is 6.54 Å². The van der Waals surface area contributed by atoms with Gasteiger partial charge >= 0.3 is 5.97 Å². The molecule has 0 saturated heterocycles. The van der Waals surface area contributed by atoms with Crippen LogP contribution in [0, 0.1) is 0 Å². The van der Waals surface area contributed by atoms with Gasteiger partial charge in [0.25, 0.3) is 0 Å². The first-order valence-corrected chi connectivity index (χ1v) is 3.54. The predicted octanol–water partition coefficient (Wildman–Crippen LogP) is -0.271. The largest absolute Gasteiger partial charge is 0.464 e. The van der Waals surface area contributed by atoms with Gasteiger partial charge < -0.3 is 10.5 Å². The molecule has 1 aromatic rings. The Morgan fingerprint density at radius 2 is 2.17 bits per heavy atom. The van der Waals surface area contributed by atoms with E-state index >= 15 is 0 Å². The van der Waals surface area contributed by atoms with Crippen molar-refractivity contribution in [1.29, 1.82) is 0 Å². The van der Waals surface area contributed by atoms with Crippen LogP contribution in [-0.4, -0.2) is 13.1 Å². The number of nitrogens with two attached hydrogens (primary N) is 1. The molecule has 0 atom stereocenters. The highest BCUT2D eigenvalue weighted by molar-refractivity contribution is 5.67. The number of hydrogen-bond donors (Lipinski definition) is 1. The van der Waals surface area contributed by atoms with Crippen molar-refractivity contribution in [1.82, 2.24) is 0 Å². The molecule has 0 spiro atoms. The highest BCUT2D eigenvalue weighted by Crippen LogP contribution is 1.93. The second kappa shape index (κ2) is 3.71. The minimum absolute atomic E-state index is 0.219. The van der Waals surface area contributed by atoms with E-state index in [-0.39, 0.29) is 12.5 Å². The first kappa shape index (κ1) is 8.52. The number of nitrogens with zero attached hydrogens (tertiary/aromatic N) is 1. The average molecular weight is 167 g/mol. The molecule has 0 aliphatic carbocycles. The quantitative estimate of drug-likeness (QED) is 0.487. The fourth-order valence-corrected chi connectivity index (χ4v) is 0.788. The summed E-state index contributed by atoms with van der Waals surface area (Å²) in [4.78, 5) is 10.8. The molecule has 0 aliphatic heterocycles. The smallest absolute Gasteiger partial charge is 0.372 e. The number of ether oxygens (including phenoxy) is 1. The van der Waals surface area contributed by atoms with Gasteiger partial charge in [0, 0.05) is 17.8 Å². The molecule has 0 bridgehead atoms. The topological polar surface area (TPSA) is 56.2 Å². The maximum Gasteiger partial charge on any atom is 0.372 e. The summed E-state index contributed by atoms with van der Waals surface area (Å²) in [6, 6.07) is 3.45. The van der Waals surface area contributed by atoms with Crippen molar-refractivity contribution >= 4 is 11.7 Å². The van der Waals surface area contributed by atoms with E-state index in [0.717, 1.165) is 0 Å². The third kappa shape index (κ3) is 2.23. The van der Waals surface area contributed by atoms with E-state index in [9.17, 15) is 4.79 Å². The molecule has 0 fully saturated rings. The molecule has 4 heteroatoms. The summed E-state index contributed by atoms with van der Waals surface area (Å²) in [5, 5.41) is 0. The number of aromatic nitrogens is 1. The second-order valence-corrected chi connectivity index (χ2v) is 2.38. The summed E-state index contributed by atoms with van der Waals surface area (Å²) in [5.41, 5.74) is 6.14. The van der Waals surface area contributed by atoms with Crippen LogP contribution < -0.4 is 10.3 Å². The molecule has 0 saturated carbocycles. The minimum Gasteiger partial charge on any atom is -0.464 e. The number of esters is 1. The number of carbonyl (C=O) groups is 1. The highest BCUT2D eigenvalue weighted by Gasteiger charge is 2.07. The van der Waals surface area contributed by atoms with E-state index in [1.54, 1.807) is 29.1 Å². The molecule has 0 amide bonds. The van der Waals surface area contributed by atoms with Gasteiger partial charge in [0.05, 0.1) is 7.11 Å². The monoisotopic (exact) mass is 167 g/mol. The van der Waals surface area contributed by atoms with E-state index in [0.29, 0.717) is 5.69 Å². The molecule has 64 valence electrons. The third-order valence-corrected chi connectivity index (χ3v) is 1.46. The number of nitrogen functional groups attached to an aromatic ring is 1. The Bertz CT molecular complexity index is 269. The lowest BCUT2D eigenvalue weighted by Crippen LogP contribution is -2.37. The molecule has 4 nitrogen and oxygen atoms in total. The summed E-state index contributed by atoms with van der Waals surface area (Å²) < 4.78 is 6.19. The van der Waals surface area contributed by atoms with Gasteiger partial charge in [-0.05, 0) is 0 Å². The van der Waals surface area contributed by atoms with Crippen molar-refractivity contribution in [2.75, 3.05) is 12.8 Å². The molecular formula is C8H11N2O2+. The standard InChI is InChI=1S/C8H10N2O2/c1-12-8(11)6-10-4-2-7(9)3-5-10/h2-5,9H,6H2,1H3/p+1. The number of rotatable bonds is 2. The van der Waals surface area contributed by atoms with E-state index in [1.807, 2.05) is 0 Å². The fraction of sp³-hybridized carbons (Fsp3) is 0.250. The Balaban J connectivity index is 2.64. The van der Waals surface area contributed by atoms with Crippen molar-refractivity contribution in [2.24, 2.45) is 0 Å². The van der Waals surface area contributed by atoms with Crippen LogP contribution >= 0.6 is 0 Å². The van der Waals surface area contributed by atoms with E-state index in [1.165, 1.54) is 7.11 Å². The van der Waals surface area contributed by atoms with E-state index < -0.39 is 0 Å². The predicted molar refractivity (Wildman–Crippen MR) is 43.1 cm³/mol. The van der Waals surface area contributed by atoms with Crippen LogP contribution in [0.15, 0.2) is 24.5 Å². The number of anilines is 1. The SMILES string of the molecule is COC(=O)C[n+]1ccc(N)cc1. The van der Waals surface area contributed by atoms with Crippen LogP contribution in [-0.2, 0) is 16.1 Å². The lowest BCUT2D eigenvalue weighted by atomic mass is 10.4. The first-order chi connectivity index (χ1) is 5.72. The minimum atomic E-state index is -0.273. The molecule has 0 unspecified atom stereocenters. The van der Waals surface area contributed by atoms with E-state index in [2.05, 4.69) is 4.74 Å². The Kier molecular flexibility index (Phi) is 2.63. The molecular weight excluding hydrogens is 156 g/mol. The molecule has 0 radical (unpaired) electrons. The lowest BCUT2D eigenvalue weighted by Gasteiger charge is -1.95. The van der Waals surface area contributed by atoms with Crippen LogP contribution in [0.1, 0.15) is 0 Å². The zero-order chi connectivity index (χ0) is 8.97. The Morgan fingerprint density at radius 1 is 1.58 bits per heavy atom. The maximum absolute atomic E-state index is 10.8. The van der Waals surface area contributed by atoms with Crippen molar-refractivity contribution < 1.29 is 14.1 Å².